The van der Waals surface area contributed by atoms with Gasteiger partial charge in [0.2, 0.25) is 0 Å². The Bertz CT molecular complexity index is 1060. The van der Waals surface area contributed by atoms with Crippen LogP contribution in [-0.4, -0.2) is 88.6 Å². The van der Waals surface area contributed by atoms with Gasteiger partial charge in [-0.3, -0.25) is 9.79 Å². The minimum atomic E-state index is -0.0204. The van der Waals surface area contributed by atoms with Gasteiger partial charge < -0.3 is 24.0 Å². The molecule has 190 valence electrons. The van der Waals surface area contributed by atoms with Gasteiger partial charge in [-0.05, 0) is 56.8 Å². The van der Waals surface area contributed by atoms with E-state index in [2.05, 4.69) is 24.1 Å². The van der Waals surface area contributed by atoms with Gasteiger partial charge in [0.25, 0.3) is 5.91 Å². The molecule has 8 heteroatoms. The normalized spacial score (nSPS) is 19.1. The molecule has 1 saturated heterocycles. The number of likely N-dealkylation sites (tertiary alicyclic amines) is 1. The van der Waals surface area contributed by atoms with Gasteiger partial charge in [-0.15, -0.1) is 12.4 Å². The van der Waals surface area contributed by atoms with E-state index in [0.29, 0.717) is 37.0 Å². The predicted molar refractivity (Wildman–Crippen MR) is 141 cm³/mol. The Morgan fingerprint density at radius 1 is 1.17 bits per heavy atom. The zero-order valence-electron chi connectivity index (χ0n) is 21.2. The third kappa shape index (κ3) is 5.63. The first-order valence-electron chi connectivity index (χ1n) is 11.9. The number of fused-ring (bicyclic) bond motifs is 3. The number of ether oxygens (including phenoxy) is 3. The van der Waals surface area contributed by atoms with Crippen LogP contribution >= 0.6 is 12.4 Å². The lowest BCUT2D eigenvalue weighted by molar-refractivity contribution is 0.0744. The van der Waals surface area contributed by atoms with E-state index >= 15 is 0 Å². The molecule has 2 aromatic rings. The second kappa shape index (κ2) is 11.9. The lowest BCUT2D eigenvalue weighted by Crippen LogP contribution is -2.41. The molecule has 0 unspecified atom stereocenters. The third-order valence-electron chi connectivity index (χ3n) is 6.75. The number of hydrogen-bond donors (Lipinski definition) is 0. The van der Waals surface area contributed by atoms with Crippen LogP contribution in [0.4, 0.5) is 0 Å². The molecule has 0 spiro atoms. The van der Waals surface area contributed by atoms with Crippen LogP contribution in [0.1, 0.15) is 46.3 Å². The smallest absolute Gasteiger partial charge is 0.253 e. The second-order valence-electron chi connectivity index (χ2n) is 9.02. The van der Waals surface area contributed by atoms with Crippen molar-refractivity contribution in [1.82, 2.24) is 9.80 Å². The predicted octanol–water partition coefficient (Wildman–Crippen LogP) is 3.87. The lowest BCUT2D eigenvalue weighted by atomic mass is 9.79. The number of carbonyl (C=O) groups is 1. The molecule has 2 aliphatic rings. The highest BCUT2D eigenvalue weighted by Gasteiger charge is 2.36. The lowest BCUT2D eigenvalue weighted by Gasteiger charge is -2.39. The Hall–Kier alpha value is -2.61. The van der Waals surface area contributed by atoms with Crippen molar-refractivity contribution in [3.8, 4) is 11.5 Å². The maximum atomic E-state index is 12.7. The highest BCUT2D eigenvalue weighted by molar-refractivity contribution is 6.15. The summed E-state index contributed by atoms with van der Waals surface area (Å²) >= 11 is 0. The van der Waals surface area contributed by atoms with Gasteiger partial charge in [0.15, 0.2) is 11.5 Å². The van der Waals surface area contributed by atoms with Crippen molar-refractivity contribution < 1.29 is 19.0 Å². The first kappa shape index (κ1) is 27.0. The molecule has 2 atom stereocenters. The standard InChI is InChI=1S/C27H35N3O4.ClH/c1-6-34-25-15-20-21(16-24(25)33-5)26(28-23-11-12-29(2)17-22(20)23)18-7-9-19(10-8-18)27(31)30(3)13-14-32-4;/h7-10,15-16,22-23H,6,11-14,17H2,1-5H3;1H/t22-,23-;/m1./s1. The van der Waals surface area contributed by atoms with Crippen LogP contribution in [0, 0.1) is 0 Å². The molecule has 2 heterocycles. The number of halogens is 1. The van der Waals surface area contributed by atoms with E-state index in [4.69, 9.17) is 19.2 Å². The highest BCUT2D eigenvalue weighted by atomic mass is 35.5. The molecule has 0 radical (unpaired) electrons. The van der Waals surface area contributed by atoms with Crippen LogP contribution in [0.25, 0.3) is 0 Å². The topological polar surface area (TPSA) is 63.6 Å². The van der Waals surface area contributed by atoms with Gasteiger partial charge in [-0.25, -0.2) is 0 Å². The second-order valence-corrected chi connectivity index (χ2v) is 9.02. The molecule has 1 fully saturated rings. The molecular formula is C27H36ClN3O4. The van der Waals surface area contributed by atoms with E-state index in [-0.39, 0.29) is 24.4 Å². The van der Waals surface area contributed by atoms with Crippen molar-refractivity contribution in [2.75, 3.05) is 61.2 Å². The Kier molecular flexibility index (Phi) is 9.16. The highest BCUT2D eigenvalue weighted by Crippen LogP contribution is 2.42. The van der Waals surface area contributed by atoms with Gasteiger partial charge in [-0.2, -0.15) is 0 Å². The SMILES string of the molecule is CCOc1cc2c(cc1OC)C(c1ccc(C(=O)N(C)CCOC)cc1)=N[C@@H]1CCN(C)C[C@H]21.Cl. The van der Waals surface area contributed by atoms with Gasteiger partial charge in [-0.1, -0.05) is 12.1 Å². The molecule has 0 aromatic heterocycles. The number of hydrogen-bond acceptors (Lipinski definition) is 6. The Morgan fingerprint density at radius 2 is 1.91 bits per heavy atom. The Morgan fingerprint density at radius 3 is 2.57 bits per heavy atom. The number of amides is 1. The van der Waals surface area contributed by atoms with E-state index in [1.54, 1.807) is 26.2 Å². The molecule has 2 aliphatic heterocycles. The summed E-state index contributed by atoms with van der Waals surface area (Å²) in [7, 11) is 7.26. The van der Waals surface area contributed by atoms with Crippen molar-refractivity contribution in [3.63, 3.8) is 0 Å². The summed E-state index contributed by atoms with van der Waals surface area (Å²) in [4.78, 5) is 22.0. The maximum absolute atomic E-state index is 12.7. The third-order valence-corrected chi connectivity index (χ3v) is 6.75. The number of nitrogens with zero attached hydrogens (tertiary/aromatic N) is 3. The molecule has 2 aromatic carbocycles. The van der Waals surface area contributed by atoms with Crippen molar-refractivity contribution in [2.24, 2.45) is 4.99 Å². The molecule has 35 heavy (non-hydrogen) atoms. The molecule has 0 saturated carbocycles. The summed E-state index contributed by atoms with van der Waals surface area (Å²) in [5.74, 6) is 1.78. The number of benzene rings is 2. The average molecular weight is 502 g/mol. The van der Waals surface area contributed by atoms with E-state index in [1.165, 1.54) is 5.56 Å². The number of carbonyl (C=O) groups excluding carboxylic acids is 1. The summed E-state index contributed by atoms with van der Waals surface area (Å²) < 4.78 is 16.7. The fraction of sp³-hybridized carbons (Fsp3) is 0.481. The molecule has 0 aliphatic carbocycles. The van der Waals surface area contributed by atoms with Crippen LogP contribution in [0.3, 0.4) is 0 Å². The molecule has 7 nitrogen and oxygen atoms in total. The zero-order chi connectivity index (χ0) is 24.2. The van der Waals surface area contributed by atoms with E-state index in [0.717, 1.165) is 42.1 Å². The summed E-state index contributed by atoms with van der Waals surface area (Å²) in [5, 5.41) is 0. The number of rotatable bonds is 8. The first-order chi connectivity index (χ1) is 16.5. The van der Waals surface area contributed by atoms with Crippen molar-refractivity contribution >= 4 is 24.0 Å². The van der Waals surface area contributed by atoms with Crippen LogP contribution in [0.5, 0.6) is 11.5 Å². The van der Waals surface area contributed by atoms with Crippen molar-refractivity contribution in [3.05, 3.63) is 58.7 Å². The Labute approximate surface area is 214 Å². The fourth-order valence-corrected chi connectivity index (χ4v) is 4.86. The number of methoxy groups -OCH3 is 2. The van der Waals surface area contributed by atoms with Gasteiger partial charge in [0, 0.05) is 49.9 Å². The minimum Gasteiger partial charge on any atom is -0.493 e. The van der Waals surface area contributed by atoms with E-state index in [1.807, 2.05) is 31.2 Å². The summed E-state index contributed by atoms with van der Waals surface area (Å²) in [6.45, 7) is 5.63. The van der Waals surface area contributed by atoms with E-state index in [9.17, 15) is 4.79 Å². The first-order valence-corrected chi connectivity index (χ1v) is 11.9. The van der Waals surface area contributed by atoms with Gasteiger partial charge in [0.1, 0.15) is 0 Å². The van der Waals surface area contributed by atoms with Crippen LogP contribution < -0.4 is 9.47 Å². The van der Waals surface area contributed by atoms with Crippen LogP contribution in [0.2, 0.25) is 0 Å². The molecular weight excluding hydrogens is 466 g/mol. The molecule has 0 N–H and O–H groups in total. The quantitative estimate of drug-likeness (QED) is 0.549. The van der Waals surface area contributed by atoms with Gasteiger partial charge >= 0.3 is 0 Å². The molecule has 4 rings (SSSR count). The maximum Gasteiger partial charge on any atom is 0.253 e. The molecule has 0 bridgehead atoms. The van der Waals surface area contributed by atoms with E-state index < -0.39 is 0 Å². The zero-order valence-corrected chi connectivity index (χ0v) is 22.1. The monoisotopic (exact) mass is 501 g/mol. The number of piperidine rings is 1. The fourth-order valence-electron chi connectivity index (χ4n) is 4.86. The van der Waals surface area contributed by atoms with Crippen LogP contribution in [0.15, 0.2) is 41.4 Å². The summed E-state index contributed by atoms with van der Waals surface area (Å²) in [6.07, 6.45) is 1.01. The number of aliphatic imine (C=N–C) groups is 1. The Balaban J connectivity index is 0.00000342. The minimum absolute atomic E-state index is 0. The molecule has 1 amide bonds. The van der Waals surface area contributed by atoms with Crippen LogP contribution in [-0.2, 0) is 4.74 Å². The van der Waals surface area contributed by atoms with Gasteiger partial charge in [0.05, 0.1) is 32.1 Å². The summed E-state index contributed by atoms with van der Waals surface area (Å²) in [5.41, 5.74) is 4.94. The number of likely N-dealkylation sites (N-methyl/N-ethyl adjacent to an activating group) is 2. The average Bonchev–Trinajstić information content (AvgIpc) is 2.86. The summed E-state index contributed by atoms with van der Waals surface area (Å²) in [6, 6.07) is 12.2. The van der Waals surface area contributed by atoms with Crippen molar-refractivity contribution in [1.29, 1.82) is 0 Å². The largest absolute Gasteiger partial charge is 0.493 e. The van der Waals surface area contributed by atoms with Crippen molar-refractivity contribution in [2.45, 2.75) is 25.3 Å².